The molecule has 2 N–H and O–H groups in total. The van der Waals surface area contributed by atoms with Crippen molar-refractivity contribution in [1.82, 2.24) is 15.2 Å². The molecule has 0 aromatic carbocycles. The van der Waals surface area contributed by atoms with Crippen LogP contribution in [0.4, 0.5) is 28.2 Å². The highest BCUT2D eigenvalue weighted by Crippen LogP contribution is 2.36. The van der Waals surface area contributed by atoms with E-state index in [0.29, 0.717) is 0 Å². The van der Waals surface area contributed by atoms with Gasteiger partial charge in [0.1, 0.15) is 16.9 Å². The molecule has 0 aliphatic carbocycles. The van der Waals surface area contributed by atoms with Crippen LogP contribution in [0.3, 0.4) is 0 Å². The fourth-order valence-corrected chi connectivity index (χ4v) is 2.43. The second-order valence-corrected chi connectivity index (χ2v) is 7.15. The van der Waals surface area contributed by atoms with Crippen LogP contribution in [0.5, 0.6) is 0 Å². The number of halogens is 4. The lowest BCUT2D eigenvalue weighted by Crippen LogP contribution is -2.28. The van der Waals surface area contributed by atoms with Gasteiger partial charge < -0.3 is 9.47 Å². The number of amides is 1. The predicted molar refractivity (Wildman–Crippen MR) is 97.3 cm³/mol. The summed E-state index contributed by atoms with van der Waals surface area (Å²) in [5.74, 6) is -2.83. The molecule has 8 nitrogen and oxygen atoms in total. The first-order chi connectivity index (χ1) is 13.7. The van der Waals surface area contributed by atoms with E-state index in [4.69, 9.17) is 9.47 Å². The van der Waals surface area contributed by atoms with Crippen molar-refractivity contribution in [3.05, 3.63) is 28.7 Å². The molecule has 0 unspecified atom stereocenters. The van der Waals surface area contributed by atoms with E-state index < -0.39 is 52.4 Å². The zero-order chi connectivity index (χ0) is 22.9. The third-order valence-corrected chi connectivity index (χ3v) is 3.54. The Hall–Kier alpha value is -3.18. The monoisotopic (exact) mass is 432 g/mol. The number of aromatic nitrogens is 3. The molecule has 2 rings (SSSR count). The number of hydrogen-bond acceptors (Lipinski definition) is 6. The average molecular weight is 432 g/mol. The summed E-state index contributed by atoms with van der Waals surface area (Å²) < 4.78 is 64.0. The first-order valence-electron chi connectivity index (χ1n) is 8.74. The summed E-state index contributed by atoms with van der Waals surface area (Å²) in [4.78, 5) is 28.0. The van der Waals surface area contributed by atoms with Crippen molar-refractivity contribution in [2.24, 2.45) is 0 Å². The second-order valence-electron chi connectivity index (χ2n) is 7.15. The summed E-state index contributed by atoms with van der Waals surface area (Å²) in [6.45, 7) is 7.37. The van der Waals surface area contributed by atoms with E-state index in [-0.39, 0.29) is 17.9 Å². The standard InChI is InChI=1S/C18H20F4N4O4/c1-6-29-15(27)10-12(25-26-13(10)18(20,21)22)11-8(2)7-9(19)14(23-11)24-16(28)30-17(3,4)5/h7H,6H2,1-5H3,(H,25,26)(H,23,24,28). The molecular weight excluding hydrogens is 412 g/mol. The van der Waals surface area contributed by atoms with Gasteiger partial charge in [0, 0.05) is 0 Å². The van der Waals surface area contributed by atoms with Crippen LogP contribution in [-0.2, 0) is 15.7 Å². The number of rotatable bonds is 4. The Morgan fingerprint density at radius 1 is 1.20 bits per heavy atom. The smallest absolute Gasteiger partial charge is 0.433 e. The van der Waals surface area contributed by atoms with Gasteiger partial charge >= 0.3 is 18.2 Å². The summed E-state index contributed by atoms with van der Waals surface area (Å²) in [6, 6.07) is 0.936. The van der Waals surface area contributed by atoms with Gasteiger partial charge in [0.15, 0.2) is 17.3 Å². The van der Waals surface area contributed by atoms with Crippen LogP contribution in [0.1, 0.15) is 49.3 Å². The average Bonchev–Trinajstić information content (AvgIpc) is 3.01. The van der Waals surface area contributed by atoms with Crippen molar-refractivity contribution < 1.29 is 36.6 Å². The molecule has 30 heavy (non-hydrogen) atoms. The molecule has 2 heterocycles. The highest BCUT2D eigenvalue weighted by Gasteiger charge is 2.41. The number of aromatic amines is 1. The lowest BCUT2D eigenvalue weighted by molar-refractivity contribution is -0.141. The maximum Gasteiger partial charge on any atom is 0.433 e. The molecule has 0 atom stereocenters. The van der Waals surface area contributed by atoms with E-state index in [1.165, 1.54) is 13.8 Å². The largest absolute Gasteiger partial charge is 0.462 e. The van der Waals surface area contributed by atoms with E-state index in [9.17, 15) is 27.2 Å². The first-order valence-corrected chi connectivity index (χ1v) is 8.74. The van der Waals surface area contributed by atoms with Gasteiger partial charge in [-0.1, -0.05) is 0 Å². The number of esters is 1. The van der Waals surface area contributed by atoms with Crippen LogP contribution in [0.15, 0.2) is 6.07 Å². The van der Waals surface area contributed by atoms with Gasteiger partial charge in [0.25, 0.3) is 0 Å². The van der Waals surface area contributed by atoms with Crippen LogP contribution in [0, 0.1) is 12.7 Å². The normalized spacial score (nSPS) is 11.9. The topological polar surface area (TPSA) is 106 Å². The van der Waals surface area contributed by atoms with Gasteiger partial charge in [-0.3, -0.25) is 10.4 Å². The Labute approximate surface area is 169 Å². The number of hydrogen-bond donors (Lipinski definition) is 2. The zero-order valence-electron chi connectivity index (χ0n) is 16.8. The van der Waals surface area contributed by atoms with Crippen LogP contribution in [0.25, 0.3) is 11.4 Å². The fraction of sp³-hybridized carbons (Fsp3) is 0.444. The number of H-pyrrole nitrogens is 1. The summed E-state index contributed by atoms with van der Waals surface area (Å²) in [5.41, 5.74) is -3.87. The van der Waals surface area contributed by atoms with Crippen molar-refractivity contribution in [2.75, 3.05) is 11.9 Å². The van der Waals surface area contributed by atoms with Gasteiger partial charge in [0.2, 0.25) is 0 Å². The molecule has 12 heteroatoms. The van der Waals surface area contributed by atoms with Crippen molar-refractivity contribution in [2.45, 2.75) is 46.4 Å². The lowest BCUT2D eigenvalue weighted by Gasteiger charge is -2.19. The van der Waals surface area contributed by atoms with Gasteiger partial charge in [-0.25, -0.2) is 19.0 Å². The fourth-order valence-electron chi connectivity index (χ4n) is 2.43. The molecule has 0 spiro atoms. The third-order valence-electron chi connectivity index (χ3n) is 3.54. The van der Waals surface area contributed by atoms with E-state index in [1.54, 1.807) is 25.9 Å². The molecule has 0 aliphatic heterocycles. The lowest BCUT2D eigenvalue weighted by atomic mass is 10.1. The van der Waals surface area contributed by atoms with Crippen LogP contribution in [-0.4, -0.2) is 39.5 Å². The summed E-state index contributed by atoms with van der Waals surface area (Å²) in [7, 11) is 0. The van der Waals surface area contributed by atoms with Crippen LogP contribution >= 0.6 is 0 Å². The SMILES string of the molecule is CCOC(=O)c1c(-c2nc(NC(=O)OC(C)(C)C)c(F)cc2C)n[nH]c1C(F)(F)F. The molecule has 2 aromatic rings. The molecule has 0 saturated heterocycles. The summed E-state index contributed by atoms with van der Waals surface area (Å²) >= 11 is 0. The number of alkyl halides is 3. The number of carbonyl (C=O) groups is 2. The Balaban J connectivity index is 2.58. The number of nitrogens with zero attached hydrogens (tertiary/aromatic N) is 2. The minimum Gasteiger partial charge on any atom is -0.462 e. The number of aryl methyl sites for hydroxylation is 1. The van der Waals surface area contributed by atoms with E-state index in [0.717, 1.165) is 6.07 Å². The van der Waals surface area contributed by atoms with Crippen molar-refractivity contribution in [1.29, 1.82) is 0 Å². The van der Waals surface area contributed by atoms with Gasteiger partial charge in [-0.05, 0) is 46.2 Å². The highest BCUT2D eigenvalue weighted by molar-refractivity contribution is 5.97. The Kier molecular flexibility index (Phi) is 6.38. The number of carbonyl (C=O) groups excluding carboxylic acids is 2. The molecule has 0 bridgehead atoms. The number of anilines is 1. The van der Waals surface area contributed by atoms with E-state index in [2.05, 4.69) is 15.4 Å². The molecule has 164 valence electrons. The summed E-state index contributed by atoms with van der Waals surface area (Å²) in [5, 5.41) is 7.41. The van der Waals surface area contributed by atoms with Crippen molar-refractivity contribution >= 4 is 17.9 Å². The Bertz CT molecular complexity index is 964. The van der Waals surface area contributed by atoms with Crippen LogP contribution in [0.2, 0.25) is 0 Å². The molecule has 1 amide bonds. The van der Waals surface area contributed by atoms with Gasteiger partial charge in [0.05, 0.1) is 12.3 Å². The van der Waals surface area contributed by atoms with Crippen molar-refractivity contribution in [3.8, 4) is 11.4 Å². The molecule has 0 saturated carbocycles. The highest BCUT2D eigenvalue weighted by atomic mass is 19.4. The molecule has 0 radical (unpaired) electrons. The van der Waals surface area contributed by atoms with Crippen LogP contribution < -0.4 is 5.32 Å². The first kappa shape index (κ1) is 23.1. The number of pyridine rings is 1. The maximum atomic E-state index is 14.3. The molecule has 0 aliphatic rings. The van der Waals surface area contributed by atoms with Gasteiger partial charge in [-0.15, -0.1) is 0 Å². The Morgan fingerprint density at radius 3 is 2.37 bits per heavy atom. The quantitative estimate of drug-likeness (QED) is 0.546. The zero-order valence-corrected chi connectivity index (χ0v) is 16.8. The van der Waals surface area contributed by atoms with E-state index >= 15 is 0 Å². The Morgan fingerprint density at radius 2 is 1.83 bits per heavy atom. The summed E-state index contributed by atoms with van der Waals surface area (Å²) in [6.07, 6.45) is -5.95. The predicted octanol–water partition coefficient (Wildman–Crippen LogP) is 4.46. The number of ether oxygens (including phenoxy) is 2. The van der Waals surface area contributed by atoms with Gasteiger partial charge in [-0.2, -0.15) is 18.3 Å². The minimum atomic E-state index is -4.93. The number of nitrogens with one attached hydrogen (secondary N) is 2. The van der Waals surface area contributed by atoms with E-state index in [1.807, 2.05) is 0 Å². The molecule has 2 aromatic heterocycles. The second kappa shape index (κ2) is 8.28. The third kappa shape index (κ3) is 5.24. The molecule has 0 fully saturated rings. The minimum absolute atomic E-state index is 0.0769. The maximum absolute atomic E-state index is 14.3. The molecular formula is C18H20F4N4O4. The van der Waals surface area contributed by atoms with Crippen molar-refractivity contribution in [3.63, 3.8) is 0 Å².